The number of hydrogen-bond acceptors (Lipinski definition) is 4. The van der Waals surface area contributed by atoms with Crippen LogP contribution in [0.25, 0.3) is 0 Å². The van der Waals surface area contributed by atoms with Crippen LogP contribution in [0, 0.1) is 13.8 Å². The molecule has 0 amide bonds. The highest BCUT2D eigenvalue weighted by Gasteiger charge is 1.98. The van der Waals surface area contributed by atoms with Gasteiger partial charge in [0.05, 0.1) is 0 Å². The highest BCUT2D eigenvalue weighted by atomic mass is 31.2. The van der Waals surface area contributed by atoms with Crippen molar-refractivity contribution in [1.82, 2.24) is 0 Å². The molecule has 0 heterocycles. The molecule has 1 aromatic carbocycles. The first-order chi connectivity index (χ1) is 5.88. The second-order valence-electron chi connectivity index (χ2n) is 2.78. The lowest BCUT2D eigenvalue weighted by atomic mass is 10.1. The predicted molar refractivity (Wildman–Crippen MR) is 44.2 cm³/mol. The van der Waals surface area contributed by atoms with E-state index in [4.69, 9.17) is 0 Å². The molecule has 0 aromatic heterocycles. The van der Waals surface area contributed by atoms with Crippen LogP contribution in [0.2, 0.25) is 0 Å². The molecule has 0 unspecified atom stereocenters. The third kappa shape index (κ3) is 3.19. The van der Waals surface area contributed by atoms with Gasteiger partial charge in [-0.05, 0) is 37.1 Å². The van der Waals surface area contributed by atoms with Crippen LogP contribution in [0.15, 0.2) is 18.2 Å². The van der Waals surface area contributed by atoms with Crippen LogP contribution < -0.4 is 14.3 Å². The Bertz CT molecular complexity index is 355. The third-order valence-corrected chi connectivity index (χ3v) is 2.13. The summed E-state index contributed by atoms with van der Waals surface area (Å²) in [6, 6.07) is 4.66. The van der Waals surface area contributed by atoms with Gasteiger partial charge in [0.15, 0.2) is 0 Å². The Labute approximate surface area is 76.4 Å². The van der Waals surface area contributed by atoms with Crippen LogP contribution in [0.1, 0.15) is 11.1 Å². The van der Waals surface area contributed by atoms with Gasteiger partial charge in [0, 0.05) is 0 Å². The van der Waals surface area contributed by atoms with Gasteiger partial charge in [-0.15, -0.1) is 0 Å². The monoisotopic (exact) mass is 200 g/mol. The number of phosphoric acid groups is 1. The van der Waals surface area contributed by atoms with E-state index in [-0.39, 0.29) is 5.75 Å². The Morgan fingerprint density at radius 1 is 1.23 bits per heavy atom. The fraction of sp³-hybridized carbons (Fsp3) is 0.250. The summed E-state index contributed by atoms with van der Waals surface area (Å²) in [7, 11) is -4.92. The summed E-state index contributed by atoms with van der Waals surface area (Å²) < 4.78 is 14.4. The van der Waals surface area contributed by atoms with E-state index in [1.54, 1.807) is 6.07 Å². The van der Waals surface area contributed by atoms with Gasteiger partial charge in [0.1, 0.15) is 13.6 Å². The van der Waals surface area contributed by atoms with E-state index in [2.05, 4.69) is 4.52 Å². The van der Waals surface area contributed by atoms with Gasteiger partial charge >= 0.3 is 0 Å². The Balaban J connectivity index is 2.92. The Hall–Kier alpha value is -0.830. The molecule has 0 saturated heterocycles. The lowest BCUT2D eigenvalue weighted by molar-refractivity contribution is -0.333. The molecule has 0 atom stereocenters. The van der Waals surface area contributed by atoms with E-state index in [0.717, 1.165) is 11.1 Å². The van der Waals surface area contributed by atoms with Gasteiger partial charge in [-0.3, -0.25) is 0 Å². The zero-order chi connectivity index (χ0) is 10.1. The minimum absolute atomic E-state index is 0.0661. The van der Waals surface area contributed by atoms with E-state index < -0.39 is 7.82 Å². The first kappa shape index (κ1) is 10.3. The van der Waals surface area contributed by atoms with Crippen molar-refractivity contribution in [2.75, 3.05) is 0 Å². The average Bonchev–Trinajstić information content (AvgIpc) is 1.94. The van der Waals surface area contributed by atoms with Crippen molar-refractivity contribution in [2.24, 2.45) is 0 Å². The minimum atomic E-state index is -4.92. The summed E-state index contributed by atoms with van der Waals surface area (Å²) in [4.78, 5) is 20.5. The molecule has 0 radical (unpaired) electrons. The van der Waals surface area contributed by atoms with Crippen LogP contribution >= 0.6 is 7.82 Å². The van der Waals surface area contributed by atoms with Crippen molar-refractivity contribution in [3.8, 4) is 5.75 Å². The molecule has 13 heavy (non-hydrogen) atoms. The van der Waals surface area contributed by atoms with Crippen molar-refractivity contribution in [3.63, 3.8) is 0 Å². The fourth-order valence-corrected chi connectivity index (χ4v) is 1.27. The highest BCUT2D eigenvalue weighted by Crippen LogP contribution is 2.29. The normalized spacial score (nSPS) is 11.4. The standard InChI is InChI=1S/C8H11O4P/c1-6-3-4-8(5-7(6)2)12-13(9,10)11/h3-5H,1-2H3,(H2,9,10,11)/p-2. The molecule has 4 nitrogen and oxygen atoms in total. The zero-order valence-electron chi connectivity index (χ0n) is 7.31. The smallest absolute Gasteiger partial charge is 0.124 e. The Kier molecular flexibility index (Phi) is 2.76. The third-order valence-electron chi connectivity index (χ3n) is 1.70. The van der Waals surface area contributed by atoms with Gasteiger partial charge in [0.25, 0.3) is 0 Å². The zero-order valence-corrected chi connectivity index (χ0v) is 8.21. The van der Waals surface area contributed by atoms with Gasteiger partial charge in [0.2, 0.25) is 0 Å². The fourth-order valence-electron chi connectivity index (χ4n) is 0.900. The van der Waals surface area contributed by atoms with E-state index in [0.29, 0.717) is 0 Å². The summed E-state index contributed by atoms with van der Waals surface area (Å²) in [5.41, 5.74) is 1.89. The van der Waals surface area contributed by atoms with Crippen LogP contribution in [0.5, 0.6) is 5.75 Å². The van der Waals surface area contributed by atoms with E-state index in [9.17, 15) is 14.4 Å². The molecule has 0 saturated carbocycles. The molecule has 0 fully saturated rings. The summed E-state index contributed by atoms with van der Waals surface area (Å²) in [5.74, 6) is 0.0661. The molecule has 72 valence electrons. The summed E-state index contributed by atoms with van der Waals surface area (Å²) in [6.07, 6.45) is 0. The van der Waals surface area contributed by atoms with Crippen LogP contribution in [-0.4, -0.2) is 0 Å². The predicted octanol–water partition coefficient (Wildman–Crippen LogP) is 0.511. The SMILES string of the molecule is Cc1ccc(OP(=O)([O-])[O-])cc1C. The lowest BCUT2D eigenvalue weighted by Gasteiger charge is -2.29. The van der Waals surface area contributed by atoms with Gasteiger partial charge < -0.3 is 18.9 Å². The maximum absolute atomic E-state index is 10.2. The summed E-state index contributed by atoms with van der Waals surface area (Å²) in [6.45, 7) is 3.69. The molecule has 0 aliphatic heterocycles. The van der Waals surface area contributed by atoms with E-state index in [1.165, 1.54) is 12.1 Å². The maximum atomic E-state index is 10.2. The topological polar surface area (TPSA) is 72.4 Å². The quantitative estimate of drug-likeness (QED) is 0.652. The number of phosphoric ester groups is 1. The van der Waals surface area contributed by atoms with Gasteiger partial charge in [-0.25, -0.2) is 0 Å². The van der Waals surface area contributed by atoms with Gasteiger partial charge in [-0.2, -0.15) is 0 Å². The average molecular weight is 200 g/mol. The van der Waals surface area contributed by atoms with Crippen molar-refractivity contribution in [3.05, 3.63) is 29.3 Å². The Morgan fingerprint density at radius 3 is 2.31 bits per heavy atom. The Morgan fingerprint density at radius 2 is 1.85 bits per heavy atom. The number of rotatable bonds is 2. The molecule has 1 rings (SSSR count). The van der Waals surface area contributed by atoms with Crippen LogP contribution in [0.3, 0.4) is 0 Å². The molecule has 0 aliphatic rings. The molecule has 0 bridgehead atoms. The highest BCUT2D eigenvalue weighted by molar-refractivity contribution is 7.43. The van der Waals surface area contributed by atoms with Crippen LogP contribution in [0.4, 0.5) is 0 Å². The number of hydrogen-bond donors (Lipinski definition) is 0. The molecular formula is C8H9O4P-2. The molecule has 1 aromatic rings. The molecule has 5 heteroatoms. The molecular weight excluding hydrogens is 191 g/mol. The van der Waals surface area contributed by atoms with Crippen molar-refractivity contribution in [2.45, 2.75) is 13.8 Å². The molecule has 0 spiro atoms. The second-order valence-corrected chi connectivity index (χ2v) is 3.86. The maximum Gasteiger partial charge on any atom is 0.124 e. The summed E-state index contributed by atoms with van der Waals surface area (Å²) in [5, 5.41) is 0. The second kappa shape index (κ2) is 3.50. The molecule has 0 aliphatic carbocycles. The summed E-state index contributed by atoms with van der Waals surface area (Å²) >= 11 is 0. The van der Waals surface area contributed by atoms with E-state index in [1.807, 2.05) is 13.8 Å². The largest absolute Gasteiger partial charge is 0.780 e. The number of benzene rings is 1. The lowest BCUT2D eigenvalue weighted by Crippen LogP contribution is -2.18. The van der Waals surface area contributed by atoms with Crippen LogP contribution in [-0.2, 0) is 4.57 Å². The van der Waals surface area contributed by atoms with Crippen molar-refractivity contribution in [1.29, 1.82) is 0 Å². The van der Waals surface area contributed by atoms with Crippen molar-refractivity contribution >= 4 is 7.82 Å². The van der Waals surface area contributed by atoms with Gasteiger partial charge in [-0.1, -0.05) is 6.07 Å². The first-order valence-electron chi connectivity index (χ1n) is 3.67. The number of aryl methyl sites for hydroxylation is 2. The molecule has 0 N–H and O–H groups in total. The first-order valence-corrected chi connectivity index (χ1v) is 5.13. The van der Waals surface area contributed by atoms with E-state index >= 15 is 0 Å². The minimum Gasteiger partial charge on any atom is -0.780 e. The van der Waals surface area contributed by atoms with Crippen molar-refractivity contribution < 1.29 is 18.9 Å².